The molecule has 1 aliphatic rings. The van der Waals surface area contributed by atoms with Crippen LogP contribution in [-0.4, -0.2) is 84.3 Å². The minimum atomic E-state index is -0.792. The van der Waals surface area contributed by atoms with Gasteiger partial charge in [0.15, 0.2) is 11.9 Å². The van der Waals surface area contributed by atoms with Crippen LogP contribution in [0.25, 0.3) is 0 Å². The number of likely N-dealkylation sites (tertiary alicyclic amines) is 1. The number of carbonyl (C=O) groups is 4. The Morgan fingerprint density at radius 1 is 1.06 bits per heavy atom. The highest BCUT2D eigenvalue weighted by Gasteiger charge is 2.37. The summed E-state index contributed by atoms with van der Waals surface area (Å²) in [5.74, 6) is -0.237. The Bertz CT molecular complexity index is 1380. The summed E-state index contributed by atoms with van der Waals surface area (Å²) in [7, 11) is 5.28. The van der Waals surface area contributed by atoms with Crippen LogP contribution in [0, 0.1) is 23.7 Å². The number of Topliss-reactive ketones (excluding diaryl/α,β-unsaturated/α-hetero) is 1. The second-order valence-electron chi connectivity index (χ2n) is 14.9. The second kappa shape index (κ2) is 19.9. The number of alkyl carbamates (subject to hydrolysis) is 1. The van der Waals surface area contributed by atoms with Crippen molar-refractivity contribution < 1.29 is 23.9 Å². The van der Waals surface area contributed by atoms with E-state index in [1.54, 1.807) is 17.3 Å². The molecule has 0 unspecified atom stereocenters. The topological polar surface area (TPSA) is 121 Å². The van der Waals surface area contributed by atoms with Crippen LogP contribution in [0.15, 0.2) is 35.7 Å². The van der Waals surface area contributed by atoms with E-state index in [9.17, 15) is 19.2 Å². The zero-order chi connectivity index (χ0) is 37.0. The van der Waals surface area contributed by atoms with Crippen molar-refractivity contribution in [3.63, 3.8) is 0 Å². The van der Waals surface area contributed by atoms with Gasteiger partial charge < -0.3 is 20.3 Å². The smallest absolute Gasteiger partial charge is 0.407 e. The molecule has 2 aromatic rings. The van der Waals surface area contributed by atoms with Gasteiger partial charge in [-0.3, -0.25) is 19.3 Å². The molecule has 3 rings (SSSR count). The lowest BCUT2D eigenvalue weighted by Crippen LogP contribution is -2.48. The van der Waals surface area contributed by atoms with E-state index in [4.69, 9.17) is 4.74 Å². The number of carbonyl (C=O) groups excluding carboxylic acids is 4. The van der Waals surface area contributed by atoms with E-state index in [-0.39, 0.29) is 59.7 Å². The largest absolute Gasteiger partial charge is 0.439 e. The Kier molecular flexibility index (Phi) is 16.4. The summed E-state index contributed by atoms with van der Waals surface area (Å²) >= 11 is 1.27. The van der Waals surface area contributed by atoms with Gasteiger partial charge in [0.2, 0.25) is 5.91 Å². The lowest BCUT2D eigenvalue weighted by Gasteiger charge is -2.37. The number of ketones is 1. The number of aromatic nitrogens is 1. The molecular weight excluding hydrogens is 651 g/mol. The molecule has 0 radical (unpaired) electrons. The van der Waals surface area contributed by atoms with Gasteiger partial charge in [-0.2, -0.15) is 0 Å². The predicted molar refractivity (Wildman–Crippen MR) is 200 cm³/mol. The molecule has 0 spiro atoms. The molecule has 1 aromatic carbocycles. The van der Waals surface area contributed by atoms with Crippen molar-refractivity contribution in [1.29, 1.82) is 0 Å². The van der Waals surface area contributed by atoms with Crippen LogP contribution in [-0.2, 0) is 20.7 Å². The summed E-state index contributed by atoms with van der Waals surface area (Å²) in [6, 6.07) is 9.57. The van der Waals surface area contributed by atoms with Crippen LogP contribution in [0.3, 0.4) is 0 Å². The maximum Gasteiger partial charge on any atom is 0.407 e. The standard InChI is InChI=1S/C39H61N5O5S/c1-10-27(6)30(22-34(45)32-18-14-15-19-43(32)8)38(47)44(9)33(26(4)5)23-35(49-39(48)40-7)37-42-31(24-50-37)36(46)41-29(20-25(2)3)21-28-16-12-11-13-17-28/h11-13,16-17,24-27,29-30,32-33,35H,10,14-15,18-23H2,1-9H3,(H,40,48)(H,41,46)/t27-,29+,30-,32+,33+,35+/m0/s1. The molecule has 278 valence electrons. The van der Waals surface area contributed by atoms with Gasteiger partial charge in [0, 0.05) is 50.3 Å². The molecule has 0 saturated carbocycles. The van der Waals surface area contributed by atoms with Crippen LogP contribution in [0.4, 0.5) is 4.79 Å². The first-order valence-corrected chi connectivity index (χ1v) is 19.3. The number of rotatable bonds is 18. The fourth-order valence-electron chi connectivity index (χ4n) is 7.02. The van der Waals surface area contributed by atoms with Crippen molar-refractivity contribution in [2.24, 2.45) is 23.7 Å². The van der Waals surface area contributed by atoms with Crippen LogP contribution in [0.2, 0.25) is 0 Å². The number of likely N-dealkylation sites (N-methyl/N-ethyl adjacent to an activating group) is 1. The average Bonchev–Trinajstić information content (AvgIpc) is 3.58. The van der Waals surface area contributed by atoms with Crippen LogP contribution < -0.4 is 10.6 Å². The number of ether oxygens (including phenoxy) is 1. The van der Waals surface area contributed by atoms with E-state index in [2.05, 4.69) is 53.4 Å². The zero-order valence-electron chi connectivity index (χ0n) is 31.7. The van der Waals surface area contributed by atoms with Crippen LogP contribution in [0.1, 0.15) is 114 Å². The van der Waals surface area contributed by atoms with E-state index in [1.807, 2.05) is 46.0 Å². The Labute approximate surface area is 304 Å². The van der Waals surface area contributed by atoms with Gasteiger partial charge in [-0.15, -0.1) is 11.3 Å². The van der Waals surface area contributed by atoms with E-state index < -0.39 is 18.1 Å². The molecule has 50 heavy (non-hydrogen) atoms. The predicted octanol–water partition coefficient (Wildman–Crippen LogP) is 6.91. The number of hydrogen-bond acceptors (Lipinski definition) is 8. The normalized spacial score (nSPS) is 18.2. The summed E-state index contributed by atoms with van der Waals surface area (Å²) in [5.41, 5.74) is 1.42. The highest BCUT2D eigenvalue weighted by molar-refractivity contribution is 7.09. The molecule has 1 aliphatic heterocycles. The quantitative estimate of drug-likeness (QED) is 0.173. The third-order valence-electron chi connectivity index (χ3n) is 10.2. The van der Waals surface area contributed by atoms with Gasteiger partial charge in [0.05, 0.1) is 6.04 Å². The molecule has 0 aliphatic carbocycles. The molecule has 11 heteroatoms. The number of thiazole rings is 1. The van der Waals surface area contributed by atoms with Crippen molar-refractivity contribution in [3.05, 3.63) is 52.0 Å². The van der Waals surface area contributed by atoms with E-state index in [1.165, 1.54) is 18.4 Å². The van der Waals surface area contributed by atoms with Gasteiger partial charge in [-0.05, 0) is 62.6 Å². The monoisotopic (exact) mass is 711 g/mol. The number of amides is 3. The maximum absolute atomic E-state index is 14.3. The summed E-state index contributed by atoms with van der Waals surface area (Å²) in [4.78, 5) is 62.4. The van der Waals surface area contributed by atoms with Crippen LogP contribution >= 0.6 is 11.3 Å². The fourth-order valence-corrected chi connectivity index (χ4v) is 7.86. The number of nitrogens with zero attached hydrogens (tertiary/aromatic N) is 3. The lowest BCUT2D eigenvalue weighted by molar-refractivity contribution is -0.143. The highest BCUT2D eigenvalue weighted by Crippen LogP contribution is 2.33. The van der Waals surface area contributed by atoms with Gasteiger partial charge in [-0.25, -0.2) is 9.78 Å². The SMILES string of the molecule is CC[C@H](C)[C@H](CC(=O)[C@H]1CCCCN1C)C(=O)N(C)[C@H](C[C@@H](OC(=O)NC)c1nc(C(=O)N[C@@H](Cc2ccccc2)CC(C)C)cs1)C(C)C. The summed E-state index contributed by atoms with van der Waals surface area (Å²) in [6.07, 6.45) is 4.34. The van der Waals surface area contributed by atoms with E-state index >= 15 is 0 Å². The third kappa shape index (κ3) is 11.9. The number of hydrogen-bond donors (Lipinski definition) is 2. The molecule has 1 aromatic heterocycles. The van der Waals surface area contributed by atoms with Gasteiger partial charge in [-0.1, -0.05) is 84.7 Å². The molecule has 10 nitrogen and oxygen atoms in total. The molecular formula is C39H61N5O5S. The molecule has 1 fully saturated rings. The number of benzene rings is 1. The molecule has 0 bridgehead atoms. The van der Waals surface area contributed by atoms with Crippen molar-refractivity contribution in [3.8, 4) is 0 Å². The molecule has 3 amide bonds. The Morgan fingerprint density at radius 2 is 1.76 bits per heavy atom. The third-order valence-corrected chi connectivity index (χ3v) is 11.1. The maximum atomic E-state index is 14.3. The number of nitrogens with one attached hydrogen (secondary N) is 2. The van der Waals surface area contributed by atoms with Crippen LogP contribution in [0.5, 0.6) is 0 Å². The molecule has 2 heterocycles. The number of piperidine rings is 1. The van der Waals surface area contributed by atoms with E-state index in [0.717, 1.165) is 44.2 Å². The van der Waals surface area contributed by atoms with Crippen molar-refractivity contribution in [1.82, 2.24) is 25.4 Å². The van der Waals surface area contributed by atoms with Gasteiger partial charge in [0.1, 0.15) is 10.7 Å². The molecule has 6 atom stereocenters. The van der Waals surface area contributed by atoms with Crippen molar-refractivity contribution in [2.45, 2.75) is 117 Å². The Hall–Kier alpha value is -3.31. The summed E-state index contributed by atoms with van der Waals surface area (Å²) < 4.78 is 5.86. The van der Waals surface area contributed by atoms with Gasteiger partial charge >= 0.3 is 6.09 Å². The minimum Gasteiger partial charge on any atom is -0.439 e. The first-order chi connectivity index (χ1) is 23.7. The fraction of sp³-hybridized carbons (Fsp3) is 0.667. The van der Waals surface area contributed by atoms with E-state index in [0.29, 0.717) is 23.8 Å². The Morgan fingerprint density at radius 3 is 2.36 bits per heavy atom. The summed E-state index contributed by atoms with van der Waals surface area (Å²) in [6.45, 7) is 13.3. The molecule has 1 saturated heterocycles. The van der Waals surface area contributed by atoms with Gasteiger partial charge in [0.25, 0.3) is 5.91 Å². The first kappa shape index (κ1) is 41.1. The highest BCUT2D eigenvalue weighted by atomic mass is 32.1. The summed E-state index contributed by atoms with van der Waals surface area (Å²) in [5, 5.41) is 7.90. The first-order valence-electron chi connectivity index (χ1n) is 18.4. The lowest BCUT2D eigenvalue weighted by atomic mass is 9.83. The van der Waals surface area contributed by atoms with Crippen molar-refractivity contribution in [2.75, 3.05) is 27.7 Å². The average molecular weight is 712 g/mol. The van der Waals surface area contributed by atoms with Crippen molar-refractivity contribution >= 4 is 35.0 Å². The Balaban J connectivity index is 1.82. The molecule has 2 N–H and O–H groups in total. The second-order valence-corrected chi connectivity index (χ2v) is 15.7. The zero-order valence-corrected chi connectivity index (χ0v) is 32.6. The minimum absolute atomic E-state index is 0.00927.